The maximum atomic E-state index is 13.9. The number of ether oxygens (including phenoxy) is 1. The summed E-state index contributed by atoms with van der Waals surface area (Å²) in [5.74, 6) is -4.51. The molecular weight excluding hydrogens is 471 g/mol. The van der Waals surface area contributed by atoms with Crippen molar-refractivity contribution >= 4 is 22.4 Å². The number of rotatable bonds is 4. The molecule has 0 bridgehead atoms. The number of nitrogens with zero attached hydrogens (tertiary/aromatic N) is 1. The van der Waals surface area contributed by atoms with Crippen LogP contribution in [0.25, 0.3) is 21.9 Å². The van der Waals surface area contributed by atoms with Crippen LogP contribution in [0.4, 0.5) is 27.6 Å². The molecule has 10 heteroatoms. The fourth-order valence-electron chi connectivity index (χ4n) is 3.53. The van der Waals surface area contributed by atoms with Gasteiger partial charge in [-0.3, -0.25) is 4.79 Å². The molecule has 176 valence electrons. The molecule has 0 aliphatic rings. The normalized spacial score (nSPS) is 11.2. The number of hydrogen-bond acceptors (Lipinski definition) is 4. The minimum atomic E-state index is -5.10. The Balaban J connectivity index is 1.82. The summed E-state index contributed by atoms with van der Waals surface area (Å²) >= 11 is 0. The minimum absolute atomic E-state index is 0.142. The van der Waals surface area contributed by atoms with E-state index in [9.17, 15) is 31.9 Å². The van der Waals surface area contributed by atoms with E-state index in [0.29, 0.717) is 5.39 Å². The van der Waals surface area contributed by atoms with E-state index in [-0.39, 0.29) is 27.6 Å². The van der Waals surface area contributed by atoms with Gasteiger partial charge in [0.15, 0.2) is 17.4 Å². The van der Waals surface area contributed by atoms with Gasteiger partial charge in [-0.15, -0.1) is 13.2 Å². The van der Waals surface area contributed by atoms with Gasteiger partial charge in [-0.25, -0.2) is 8.78 Å². The van der Waals surface area contributed by atoms with Crippen LogP contribution in [0.5, 0.6) is 11.5 Å². The molecule has 0 atom stereocenters. The van der Waals surface area contributed by atoms with Gasteiger partial charge < -0.3 is 15.2 Å². The van der Waals surface area contributed by atoms with Gasteiger partial charge in [0, 0.05) is 11.5 Å². The van der Waals surface area contributed by atoms with Gasteiger partial charge in [0.1, 0.15) is 5.75 Å². The van der Waals surface area contributed by atoms with Crippen LogP contribution in [-0.2, 0) is 0 Å². The Morgan fingerprint density at radius 3 is 2.31 bits per heavy atom. The van der Waals surface area contributed by atoms with Crippen LogP contribution >= 0.6 is 0 Å². The van der Waals surface area contributed by atoms with Gasteiger partial charge in [0.2, 0.25) is 0 Å². The third kappa shape index (κ3) is 4.84. The molecule has 0 aromatic heterocycles. The molecule has 0 saturated carbocycles. The molecule has 1 amide bonds. The second kappa shape index (κ2) is 8.95. The summed E-state index contributed by atoms with van der Waals surface area (Å²) in [7, 11) is 0. The van der Waals surface area contributed by atoms with E-state index in [1.54, 1.807) is 24.3 Å². The van der Waals surface area contributed by atoms with Gasteiger partial charge in [0.05, 0.1) is 22.9 Å². The van der Waals surface area contributed by atoms with Crippen molar-refractivity contribution in [2.75, 3.05) is 5.32 Å². The van der Waals surface area contributed by atoms with Crippen molar-refractivity contribution in [3.05, 3.63) is 89.5 Å². The average molecular weight is 484 g/mol. The molecule has 0 aliphatic carbocycles. The SMILES string of the molecule is N#Cc1ccc(NC(=O)c2cc(-c3ccc(F)c(F)c3)c3ccccc3c2O)c(OC(F)(F)F)c1. The molecule has 4 rings (SSSR count). The molecule has 0 radical (unpaired) electrons. The third-order valence-corrected chi connectivity index (χ3v) is 5.08. The monoisotopic (exact) mass is 484 g/mol. The van der Waals surface area contributed by atoms with Crippen LogP contribution in [0.15, 0.2) is 66.7 Å². The van der Waals surface area contributed by atoms with Crippen molar-refractivity contribution in [3.63, 3.8) is 0 Å². The van der Waals surface area contributed by atoms with Crippen LogP contribution in [0.1, 0.15) is 15.9 Å². The van der Waals surface area contributed by atoms with E-state index in [4.69, 9.17) is 5.26 Å². The van der Waals surface area contributed by atoms with E-state index < -0.39 is 41.1 Å². The molecule has 4 aromatic carbocycles. The molecule has 4 aromatic rings. The fraction of sp³-hybridized carbons (Fsp3) is 0.0400. The first-order valence-corrected chi connectivity index (χ1v) is 9.89. The zero-order valence-corrected chi connectivity index (χ0v) is 17.5. The first-order valence-electron chi connectivity index (χ1n) is 9.89. The van der Waals surface area contributed by atoms with Crippen molar-refractivity contribution in [1.82, 2.24) is 0 Å². The maximum Gasteiger partial charge on any atom is 0.573 e. The minimum Gasteiger partial charge on any atom is -0.506 e. The number of aromatic hydroxyl groups is 1. The number of hydrogen-bond donors (Lipinski definition) is 2. The van der Waals surface area contributed by atoms with E-state index >= 15 is 0 Å². The summed E-state index contributed by atoms with van der Waals surface area (Å²) < 4.78 is 69.8. The molecule has 0 saturated heterocycles. The number of alkyl halides is 3. The highest BCUT2D eigenvalue weighted by Crippen LogP contribution is 2.38. The third-order valence-electron chi connectivity index (χ3n) is 5.08. The standard InChI is InChI=1S/C25H13F5N2O3/c26-19-7-6-14(10-20(19)27)17-11-18(23(33)16-4-2-1-3-15(16)17)24(34)32-21-8-5-13(12-31)9-22(21)35-25(28,29)30/h1-11,33H,(H,32,34). The Hall–Kier alpha value is -4.65. The number of amides is 1. The number of benzene rings is 4. The van der Waals surface area contributed by atoms with Crippen LogP contribution in [0.2, 0.25) is 0 Å². The molecule has 5 nitrogen and oxygen atoms in total. The van der Waals surface area contributed by atoms with Crippen molar-refractivity contribution in [2.24, 2.45) is 0 Å². The van der Waals surface area contributed by atoms with Crippen molar-refractivity contribution in [1.29, 1.82) is 5.26 Å². The van der Waals surface area contributed by atoms with Gasteiger partial charge in [-0.1, -0.05) is 30.3 Å². The van der Waals surface area contributed by atoms with Gasteiger partial charge in [-0.05, 0) is 46.8 Å². The Morgan fingerprint density at radius 2 is 1.66 bits per heavy atom. The highest BCUT2D eigenvalue weighted by atomic mass is 19.4. The highest BCUT2D eigenvalue weighted by molar-refractivity contribution is 6.13. The molecule has 35 heavy (non-hydrogen) atoms. The van der Waals surface area contributed by atoms with Gasteiger partial charge >= 0.3 is 6.36 Å². The maximum absolute atomic E-state index is 13.9. The topological polar surface area (TPSA) is 82.4 Å². The summed E-state index contributed by atoms with van der Waals surface area (Å²) in [6.45, 7) is 0. The fourth-order valence-corrected chi connectivity index (χ4v) is 3.53. The van der Waals surface area contributed by atoms with Crippen LogP contribution in [0, 0.1) is 23.0 Å². The van der Waals surface area contributed by atoms with E-state index in [0.717, 1.165) is 24.3 Å². The molecular formula is C25H13F5N2O3. The van der Waals surface area contributed by atoms with Crippen molar-refractivity contribution < 1.29 is 36.6 Å². The number of nitrogens with one attached hydrogen (secondary N) is 1. The number of phenols is 1. The largest absolute Gasteiger partial charge is 0.573 e. The van der Waals surface area contributed by atoms with Crippen LogP contribution in [-0.4, -0.2) is 17.4 Å². The molecule has 0 aliphatic heterocycles. The zero-order chi connectivity index (χ0) is 25.3. The highest BCUT2D eigenvalue weighted by Gasteiger charge is 2.32. The molecule has 0 heterocycles. The lowest BCUT2D eigenvalue weighted by molar-refractivity contribution is -0.274. The number of carbonyl (C=O) groups excluding carboxylic acids is 1. The summed E-state index contributed by atoms with van der Waals surface area (Å²) in [6.07, 6.45) is -5.10. The lowest BCUT2D eigenvalue weighted by atomic mass is 9.94. The Labute approximate surface area is 194 Å². The lowest BCUT2D eigenvalue weighted by Crippen LogP contribution is -2.20. The molecule has 2 N–H and O–H groups in total. The van der Waals surface area contributed by atoms with Crippen molar-refractivity contribution in [2.45, 2.75) is 6.36 Å². The van der Waals surface area contributed by atoms with Gasteiger partial charge in [-0.2, -0.15) is 5.26 Å². The van der Waals surface area contributed by atoms with Crippen LogP contribution in [0.3, 0.4) is 0 Å². The Morgan fingerprint density at radius 1 is 0.943 bits per heavy atom. The number of anilines is 1. The van der Waals surface area contributed by atoms with E-state index in [2.05, 4.69) is 10.1 Å². The predicted molar refractivity (Wildman–Crippen MR) is 117 cm³/mol. The molecule has 0 unspecified atom stereocenters. The number of halogens is 5. The smallest absolute Gasteiger partial charge is 0.506 e. The van der Waals surface area contributed by atoms with Gasteiger partial charge in [0.25, 0.3) is 5.91 Å². The summed E-state index contributed by atoms with van der Waals surface area (Å²) in [6, 6.07) is 15.3. The lowest BCUT2D eigenvalue weighted by Gasteiger charge is -2.16. The predicted octanol–water partition coefficient (Wildman–Crippen LogP) is 6.51. The zero-order valence-electron chi connectivity index (χ0n) is 17.5. The first kappa shape index (κ1) is 23.5. The summed E-state index contributed by atoms with van der Waals surface area (Å²) in [4.78, 5) is 13.0. The Bertz CT molecular complexity index is 1510. The first-order chi connectivity index (χ1) is 16.6. The summed E-state index contributed by atoms with van der Waals surface area (Å²) in [5, 5.41) is 22.6. The molecule has 0 spiro atoms. The van der Waals surface area contributed by atoms with E-state index in [1.165, 1.54) is 24.3 Å². The second-order valence-corrected chi connectivity index (χ2v) is 7.32. The average Bonchev–Trinajstić information content (AvgIpc) is 2.81. The number of carbonyl (C=O) groups is 1. The molecule has 0 fully saturated rings. The van der Waals surface area contributed by atoms with Crippen LogP contribution < -0.4 is 10.1 Å². The number of phenolic OH excluding ortho intramolecular Hbond substituents is 1. The van der Waals surface area contributed by atoms with Crippen molar-refractivity contribution in [3.8, 4) is 28.7 Å². The number of nitriles is 1. The summed E-state index contributed by atoms with van der Waals surface area (Å²) in [5.41, 5.74) is -0.418. The quantitative estimate of drug-likeness (QED) is 0.324. The second-order valence-electron chi connectivity index (χ2n) is 7.32. The number of fused-ring (bicyclic) bond motifs is 1. The Kier molecular flexibility index (Phi) is 6.01. The van der Waals surface area contributed by atoms with E-state index in [1.807, 2.05) is 0 Å².